The summed E-state index contributed by atoms with van der Waals surface area (Å²) >= 11 is 0. The molecule has 0 aliphatic carbocycles. The number of aromatic carboxylic acids is 1. The van der Waals surface area contributed by atoms with Crippen LogP contribution in [0.1, 0.15) is 29.0 Å². The molecule has 12 heavy (non-hydrogen) atoms. The van der Waals surface area contributed by atoms with Crippen molar-refractivity contribution in [2.75, 3.05) is 7.05 Å². The van der Waals surface area contributed by atoms with Crippen molar-refractivity contribution in [3.05, 3.63) is 23.5 Å². The molecule has 1 atom stereocenters. The molecule has 0 saturated heterocycles. The zero-order valence-electron chi connectivity index (χ0n) is 7.09. The van der Waals surface area contributed by atoms with E-state index in [2.05, 4.69) is 10.3 Å². The Balaban J connectivity index is 2.84. The van der Waals surface area contributed by atoms with Crippen LogP contribution in [0.15, 0.2) is 12.3 Å². The molecule has 66 valence electrons. The minimum atomic E-state index is -0.926. The van der Waals surface area contributed by atoms with E-state index in [1.54, 1.807) is 12.3 Å². The van der Waals surface area contributed by atoms with E-state index in [4.69, 9.17) is 5.11 Å². The van der Waals surface area contributed by atoms with Crippen molar-refractivity contribution in [3.8, 4) is 0 Å². The zero-order chi connectivity index (χ0) is 9.14. The van der Waals surface area contributed by atoms with Crippen molar-refractivity contribution in [1.82, 2.24) is 10.3 Å². The third-order valence-corrected chi connectivity index (χ3v) is 1.87. The molecule has 4 nitrogen and oxygen atoms in total. The lowest BCUT2D eigenvalue weighted by Crippen LogP contribution is -2.11. The smallest absolute Gasteiger partial charge is 0.352 e. The maximum Gasteiger partial charge on any atom is 0.352 e. The molecule has 0 fully saturated rings. The van der Waals surface area contributed by atoms with Gasteiger partial charge in [0.1, 0.15) is 5.69 Å². The first-order valence-electron chi connectivity index (χ1n) is 3.74. The molecule has 0 radical (unpaired) electrons. The highest BCUT2D eigenvalue weighted by Gasteiger charge is 2.09. The van der Waals surface area contributed by atoms with Gasteiger partial charge in [0.25, 0.3) is 0 Å². The van der Waals surface area contributed by atoms with Gasteiger partial charge in [-0.15, -0.1) is 0 Å². The molecule has 3 N–H and O–H groups in total. The van der Waals surface area contributed by atoms with Crippen molar-refractivity contribution >= 4 is 5.97 Å². The Hall–Kier alpha value is -1.29. The van der Waals surface area contributed by atoms with Crippen molar-refractivity contribution in [1.29, 1.82) is 0 Å². The van der Waals surface area contributed by atoms with Crippen LogP contribution < -0.4 is 5.32 Å². The molecule has 0 aromatic carbocycles. The Bertz CT molecular complexity index is 280. The lowest BCUT2D eigenvalue weighted by atomic mass is 10.2. The first-order valence-corrected chi connectivity index (χ1v) is 3.74. The third kappa shape index (κ3) is 1.65. The summed E-state index contributed by atoms with van der Waals surface area (Å²) in [5.74, 6) is -0.926. The fourth-order valence-corrected chi connectivity index (χ4v) is 0.951. The van der Waals surface area contributed by atoms with Crippen molar-refractivity contribution in [2.45, 2.75) is 13.0 Å². The first-order chi connectivity index (χ1) is 5.65. The minimum absolute atomic E-state index is 0.175. The van der Waals surface area contributed by atoms with Gasteiger partial charge >= 0.3 is 5.97 Å². The average Bonchev–Trinajstić information content (AvgIpc) is 2.51. The quantitative estimate of drug-likeness (QED) is 0.630. The van der Waals surface area contributed by atoms with E-state index in [0.717, 1.165) is 5.56 Å². The Kier molecular flexibility index (Phi) is 2.50. The van der Waals surface area contributed by atoms with Gasteiger partial charge in [0.05, 0.1) is 0 Å². The first kappa shape index (κ1) is 8.80. The standard InChI is InChI=1S/C8H12N2O2/c1-5(9-2)6-3-7(8(11)12)10-4-6/h3-5,9-10H,1-2H3,(H,11,12). The lowest BCUT2D eigenvalue weighted by Gasteiger charge is -2.05. The van der Waals surface area contributed by atoms with Crippen LogP contribution in [0.25, 0.3) is 0 Å². The predicted molar refractivity (Wildman–Crippen MR) is 45.2 cm³/mol. The number of rotatable bonds is 3. The van der Waals surface area contributed by atoms with Gasteiger partial charge in [0.15, 0.2) is 0 Å². The molecule has 1 rings (SSSR count). The molecule has 1 unspecified atom stereocenters. The van der Waals surface area contributed by atoms with Gasteiger partial charge < -0.3 is 15.4 Å². The van der Waals surface area contributed by atoms with Crippen LogP contribution in [-0.2, 0) is 0 Å². The summed E-state index contributed by atoms with van der Waals surface area (Å²) in [6.45, 7) is 1.97. The summed E-state index contributed by atoms with van der Waals surface area (Å²) in [5.41, 5.74) is 1.18. The van der Waals surface area contributed by atoms with Crippen molar-refractivity contribution in [2.24, 2.45) is 0 Å². The van der Waals surface area contributed by atoms with E-state index in [1.165, 1.54) is 0 Å². The van der Waals surface area contributed by atoms with E-state index in [0.29, 0.717) is 0 Å². The fraction of sp³-hybridized carbons (Fsp3) is 0.375. The van der Waals surface area contributed by atoms with E-state index in [9.17, 15) is 4.79 Å². The molecule has 0 amide bonds. The highest BCUT2D eigenvalue weighted by molar-refractivity contribution is 5.85. The molecule has 0 spiro atoms. The second-order valence-electron chi connectivity index (χ2n) is 2.66. The molecule has 0 saturated carbocycles. The minimum Gasteiger partial charge on any atom is -0.477 e. The number of aromatic amines is 1. The molecule has 0 bridgehead atoms. The molecular formula is C8H12N2O2. The summed E-state index contributed by atoms with van der Waals surface area (Å²) in [6, 6.07) is 1.80. The van der Waals surface area contributed by atoms with Gasteiger partial charge in [0.2, 0.25) is 0 Å². The highest BCUT2D eigenvalue weighted by atomic mass is 16.4. The van der Waals surface area contributed by atoms with Gasteiger partial charge in [-0.25, -0.2) is 4.79 Å². The predicted octanol–water partition coefficient (Wildman–Crippen LogP) is 0.993. The van der Waals surface area contributed by atoms with Crippen LogP contribution in [0.4, 0.5) is 0 Å². The Morgan fingerprint density at radius 2 is 2.42 bits per heavy atom. The normalized spacial score (nSPS) is 12.8. The van der Waals surface area contributed by atoms with Crippen molar-refractivity contribution in [3.63, 3.8) is 0 Å². The average molecular weight is 168 g/mol. The number of carboxylic acids is 1. The number of hydrogen-bond donors (Lipinski definition) is 3. The number of carbonyl (C=O) groups is 1. The van der Waals surface area contributed by atoms with Crippen LogP contribution in [0.5, 0.6) is 0 Å². The highest BCUT2D eigenvalue weighted by Crippen LogP contribution is 2.12. The summed E-state index contributed by atoms with van der Waals surface area (Å²) in [5, 5.41) is 11.6. The van der Waals surface area contributed by atoms with Crippen molar-refractivity contribution < 1.29 is 9.90 Å². The molecular weight excluding hydrogens is 156 g/mol. The topological polar surface area (TPSA) is 65.1 Å². The number of carboxylic acid groups (broad SMARTS) is 1. The van der Waals surface area contributed by atoms with Crippen LogP contribution in [0, 0.1) is 0 Å². The van der Waals surface area contributed by atoms with Crippen LogP contribution >= 0.6 is 0 Å². The number of nitrogens with one attached hydrogen (secondary N) is 2. The van der Waals surface area contributed by atoms with Gasteiger partial charge in [-0.2, -0.15) is 0 Å². The Morgan fingerprint density at radius 1 is 1.75 bits per heavy atom. The second kappa shape index (κ2) is 3.40. The van der Waals surface area contributed by atoms with Gasteiger partial charge in [-0.05, 0) is 25.6 Å². The summed E-state index contributed by atoms with van der Waals surface area (Å²) in [4.78, 5) is 13.2. The maximum absolute atomic E-state index is 10.5. The number of hydrogen-bond acceptors (Lipinski definition) is 2. The fourth-order valence-electron chi connectivity index (χ4n) is 0.951. The number of H-pyrrole nitrogens is 1. The molecule has 4 heteroatoms. The zero-order valence-corrected chi connectivity index (χ0v) is 7.09. The van der Waals surface area contributed by atoms with E-state index >= 15 is 0 Å². The SMILES string of the molecule is CNC(C)c1c[nH]c(C(=O)O)c1. The van der Waals surface area contributed by atoms with Gasteiger partial charge in [-0.3, -0.25) is 0 Å². The maximum atomic E-state index is 10.5. The summed E-state index contributed by atoms with van der Waals surface area (Å²) < 4.78 is 0. The van der Waals surface area contributed by atoms with Crippen LogP contribution in [0.2, 0.25) is 0 Å². The molecule has 0 aliphatic heterocycles. The molecule has 1 aromatic heterocycles. The summed E-state index contributed by atoms with van der Waals surface area (Å²) in [7, 11) is 1.83. The monoisotopic (exact) mass is 168 g/mol. The van der Waals surface area contributed by atoms with E-state index in [1.807, 2.05) is 14.0 Å². The molecule has 0 aliphatic rings. The van der Waals surface area contributed by atoms with Gasteiger partial charge in [-0.1, -0.05) is 0 Å². The molecule has 1 heterocycles. The van der Waals surface area contributed by atoms with E-state index < -0.39 is 5.97 Å². The van der Waals surface area contributed by atoms with Crippen LogP contribution in [0.3, 0.4) is 0 Å². The number of aromatic nitrogens is 1. The molecule has 1 aromatic rings. The lowest BCUT2D eigenvalue weighted by molar-refractivity contribution is 0.0691. The van der Waals surface area contributed by atoms with Gasteiger partial charge in [0, 0.05) is 12.2 Å². The Morgan fingerprint density at radius 3 is 2.83 bits per heavy atom. The summed E-state index contributed by atoms with van der Waals surface area (Å²) in [6.07, 6.45) is 1.70. The second-order valence-corrected chi connectivity index (χ2v) is 2.66. The van der Waals surface area contributed by atoms with Crippen LogP contribution in [-0.4, -0.2) is 23.1 Å². The Labute approximate surface area is 70.6 Å². The van der Waals surface area contributed by atoms with E-state index in [-0.39, 0.29) is 11.7 Å². The third-order valence-electron chi connectivity index (χ3n) is 1.87. The largest absolute Gasteiger partial charge is 0.477 e.